The van der Waals surface area contributed by atoms with E-state index >= 15 is 0 Å². The minimum absolute atomic E-state index is 0.0859. The summed E-state index contributed by atoms with van der Waals surface area (Å²) in [4.78, 5) is 13.8. The average molecular weight is 538 g/mol. The van der Waals surface area contributed by atoms with Crippen molar-refractivity contribution in [1.29, 1.82) is 0 Å². The van der Waals surface area contributed by atoms with Crippen LogP contribution in [0.5, 0.6) is 0 Å². The lowest BCUT2D eigenvalue weighted by molar-refractivity contribution is -0.120. The molecule has 1 heterocycles. The summed E-state index contributed by atoms with van der Waals surface area (Å²) in [6.07, 6.45) is 2.06. The summed E-state index contributed by atoms with van der Waals surface area (Å²) >= 11 is 0. The van der Waals surface area contributed by atoms with Crippen LogP contribution in [0.4, 0.5) is 15.8 Å². The van der Waals surface area contributed by atoms with Crippen LogP contribution in [0.1, 0.15) is 44.7 Å². The first kappa shape index (κ1) is 26.1. The molecule has 0 amide bonds. The summed E-state index contributed by atoms with van der Waals surface area (Å²) in [7, 11) is -7.51. The fraction of sp³-hybridized carbons (Fsp3) is 0.333. The van der Waals surface area contributed by atoms with E-state index < -0.39 is 43.6 Å². The first-order chi connectivity index (χ1) is 16.6. The molecule has 0 spiro atoms. The zero-order chi connectivity index (χ0) is 26.6. The number of anilines is 2. The summed E-state index contributed by atoms with van der Waals surface area (Å²) in [6.45, 7) is 5.75. The number of nitrogens with one attached hydrogen (secondary N) is 2. The molecular weight excluding hydrogens is 509 g/mol. The van der Waals surface area contributed by atoms with Crippen molar-refractivity contribution in [3.63, 3.8) is 0 Å². The van der Waals surface area contributed by atoms with Gasteiger partial charge in [0, 0.05) is 5.56 Å². The predicted octanol–water partition coefficient (Wildman–Crippen LogP) is 5.29. The van der Waals surface area contributed by atoms with Crippen LogP contribution in [0, 0.1) is 11.7 Å². The number of Topliss-reactive ketones (excluding diaryl/α,β-unsaturated/α-hetero) is 1. The Bertz CT molecular complexity index is 1440. The maximum Gasteiger partial charge on any atom is 0.229 e. The minimum atomic E-state index is -3.89. The summed E-state index contributed by atoms with van der Waals surface area (Å²) in [6, 6.07) is 7.91. The highest BCUT2D eigenvalue weighted by Crippen LogP contribution is 2.57. The van der Waals surface area contributed by atoms with E-state index in [1.54, 1.807) is 6.92 Å². The van der Waals surface area contributed by atoms with E-state index in [0.717, 1.165) is 12.3 Å². The maximum atomic E-state index is 14.2. The molecule has 0 fully saturated rings. The molecule has 12 heteroatoms. The van der Waals surface area contributed by atoms with Gasteiger partial charge in [0.15, 0.2) is 11.6 Å². The van der Waals surface area contributed by atoms with Gasteiger partial charge in [-0.1, -0.05) is 30.7 Å². The number of aliphatic hydroxyl groups excluding tert-OH is 1. The fourth-order valence-electron chi connectivity index (χ4n) is 4.44. The van der Waals surface area contributed by atoms with Gasteiger partial charge in [0.25, 0.3) is 0 Å². The minimum Gasteiger partial charge on any atom is -0.506 e. The van der Waals surface area contributed by atoms with Gasteiger partial charge in [-0.2, -0.15) is 0 Å². The Labute approximate surface area is 210 Å². The number of ketones is 1. The summed E-state index contributed by atoms with van der Waals surface area (Å²) in [5.74, 6) is -1.59. The molecule has 0 aromatic heterocycles. The SMILES string of the molecule is CC(C)CC[C@@]1(C)C(=O)C(C2=NS(O)(O)c3cc(NS(C)(=O)=O)ccc3N2)=C(O)c2cc(F)ccc21. The van der Waals surface area contributed by atoms with Gasteiger partial charge in [0.2, 0.25) is 10.0 Å². The van der Waals surface area contributed by atoms with Crippen molar-refractivity contribution < 1.29 is 31.8 Å². The number of sulfonamides is 1. The van der Waals surface area contributed by atoms with Crippen LogP contribution in [0.2, 0.25) is 0 Å². The second-order valence-corrected chi connectivity index (χ2v) is 13.1. The van der Waals surface area contributed by atoms with Crippen LogP contribution >= 0.6 is 10.8 Å². The molecule has 1 aliphatic heterocycles. The molecule has 0 saturated carbocycles. The third-order valence-electron chi connectivity index (χ3n) is 6.31. The Kier molecular flexibility index (Phi) is 6.44. The number of amidine groups is 1. The second kappa shape index (κ2) is 8.87. The summed E-state index contributed by atoms with van der Waals surface area (Å²) in [5.41, 5.74) is -0.514. The molecule has 0 saturated heterocycles. The highest BCUT2D eigenvalue weighted by molar-refractivity contribution is 8.23. The van der Waals surface area contributed by atoms with Gasteiger partial charge in [0.05, 0.1) is 23.0 Å². The zero-order valence-corrected chi connectivity index (χ0v) is 21.8. The van der Waals surface area contributed by atoms with E-state index in [4.69, 9.17) is 0 Å². The van der Waals surface area contributed by atoms with Crippen molar-refractivity contribution in [3.8, 4) is 0 Å². The van der Waals surface area contributed by atoms with Gasteiger partial charge in [-0.25, -0.2) is 12.8 Å². The Morgan fingerprint density at radius 1 is 1.19 bits per heavy atom. The van der Waals surface area contributed by atoms with Gasteiger partial charge in [-0.3, -0.25) is 18.6 Å². The molecule has 2 aromatic rings. The average Bonchev–Trinajstić information content (AvgIpc) is 2.75. The molecule has 1 atom stereocenters. The molecule has 0 radical (unpaired) electrons. The van der Waals surface area contributed by atoms with Crippen molar-refractivity contribution >= 4 is 49.6 Å². The highest BCUT2D eigenvalue weighted by atomic mass is 32.3. The van der Waals surface area contributed by atoms with Gasteiger partial charge in [-0.05, 0) is 61.6 Å². The van der Waals surface area contributed by atoms with Gasteiger partial charge in [-0.15, -0.1) is 4.40 Å². The molecule has 2 aliphatic rings. The predicted molar refractivity (Wildman–Crippen MR) is 139 cm³/mol. The lowest BCUT2D eigenvalue weighted by atomic mass is 9.66. The lowest BCUT2D eigenvalue weighted by Crippen LogP contribution is -2.42. The highest BCUT2D eigenvalue weighted by Gasteiger charge is 2.46. The third-order valence-corrected chi connectivity index (χ3v) is 8.28. The summed E-state index contributed by atoms with van der Waals surface area (Å²) in [5, 5.41) is 14.0. The van der Waals surface area contributed by atoms with Crippen molar-refractivity contribution in [3.05, 3.63) is 58.9 Å². The number of nitrogens with zero attached hydrogens (tertiary/aromatic N) is 1. The van der Waals surface area contributed by atoms with Crippen LogP contribution < -0.4 is 10.0 Å². The largest absolute Gasteiger partial charge is 0.506 e. The van der Waals surface area contributed by atoms with E-state index in [9.17, 15) is 31.8 Å². The Morgan fingerprint density at radius 3 is 2.53 bits per heavy atom. The normalized spacial score (nSPS) is 21.9. The maximum absolute atomic E-state index is 14.2. The van der Waals surface area contributed by atoms with E-state index in [-0.39, 0.29) is 39.2 Å². The number of halogens is 1. The number of fused-ring (bicyclic) bond motifs is 2. The van der Waals surface area contributed by atoms with Crippen molar-refractivity contribution in [1.82, 2.24) is 0 Å². The smallest absolute Gasteiger partial charge is 0.229 e. The Morgan fingerprint density at radius 2 is 1.89 bits per heavy atom. The van der Waals surface area contributed by atoms with Crippen LogP contribution in [-0.2, 0) is 20.2 Å². The summed E-state index contributed by atoms with van der Waals surface area (Å²) < 4.78 is 65.2. The molecule has 5 N–H and O–H groups in total. The van der Waals surface area contributed by atoms with Gasteiger partial charge < -0.3 is 10.4 Å². The van der Waals surface area contributed by atoms with Crippen molar-refractivity contribution in [2.24, 2.45) is 10.3 Å². The van der Waals surface area contributed by atoms with Crippen LogP contribution in [0.15, 0.2) is 51.3 Å². The van der Waals surface area contributed by atoms with Crippen molar-refractivity contribution in [2.45, 2.75) is 43.9 Å². The number of benzene rings is 2. The van der Waals surface area contributed by atoms with Crippen LogP contribution in [-0.4, -0.2) is 40.5 Å². The topological polar surface area (TPSA) is 148 Å². The molecule has 0 unspecified atom stereocenters. The zero-order valence-electron chi connectivity index (χ0n) is 20.2. The monoisotopic (exact) mass is 537 g/mol. The number of carbonyl (C=O) groups is 1. The molecule has 2 aromatic carbocycles. The number of carbonyl (C=O) groups excluding carboxylic acids is 1. The molecular formula is C24H28FN3O6S2. The third kappa shape index (κ3) is 4.73. The Hall–Kier alpha value is -2.93. The lowest BCUT2D eigenvalue weighted by Gasteiger charge is -2.39. The van der Waals surface area contributed by atoms with Crippen LogP contribution in [0.25, 0.3) is 5.76 Å². The van der Waals surface area contributed by atoms with E-state index in [1.807, 2.05) is 13.8 Å². The molecule has 0 bridgehead atoms. The fourth-order valence-corrected chi connectivity index (χ4v) is 6.19. The second-order valence-electron chi connectivity index (χ2n) is 9.68. The number of hydrogen-bond acceptors (Lipinski definition) is 8. The Balaban J connectivity index is 1.85. The molecule has 1 aliphatic carbocycles. The number of aliphatic hydroxyl groups is 1. The van der Waals surface area contributed by atoms with Crippen LogP contribution in [0.3, 0.4) is 0 Å². The quantitative estimate of drug-likeness (QED) is 0.336. The van der Waals surface area contributed by atoms with E-state index in [2.05, 4.69) is 14.4 Å². The molecule has 4 rings (SSSR count). The first-order valence-electron chi connectivity index (χ1n) is 11.2. The molecule has 194 valence electrons. The number of rotatable bonds is 6. The standard InChI is InChI=1S/C24H28FN3O6S2/c1-13(2)9-10-24(3)17-7-5-14(25)11-16(17)21(29)20(22(24)30)23-26-18-8-6-15(27-35(4,31)32)12-19(18)36(33,34)28-23/h5-8,11-13,27,29,33-34H,9-10H2,1-4H3,(H,26,28)/t24-/m1/s1. The number of hydrogen-bond donors (Lipinski definition) is 5. The van der Waals surface area contributed by atoms with E-state index in [1.165, 1.54) is 30.3 Å². The molecule has 36 heavy (non-hydrogen) atoms. The molecule has 9 nitrogen and oxygen atoms in total. The van der Waals surface area contributed by atoms with Crippen molar-refractivity contribution in [2.75, 3.05) is 16.3 Å². The van der Waals surface area contributed by atoms with E-state index in [0.29, 0.717) is 18.4 Å². The first-order valence-corrected chi connectivity index (χ1v) is 14.6. The van der Waals surface area contributed by atoms with Gasteiger partial charge in [0.1, 0.15) is 22.0 Å². The van der Waals surface area contributed by atoms with Gasteiger partial charge >= 0.3 is 0 Å².